The van der Waals surface area contributed by atoms with Crippen LogP contribution in [0.1, 0.15) is 71.6 Å². The Balaban J connectivity index is 1.31. The molecule has 258 valence electrons. The van der Waals surface area contributed by atoms with Crippen molar-refractivity contribution in [2.45, 2.75) is 89.3 Å². The smallest absolute Gasteiger partial charge is 0.411 e. The Hall–Kier alpha value is -3.51. The van der Waals surface area contributed by atoms with Gasteiger partial charge in [-0.25, -0.2) is 9.10 Å². The molecule has 11 nitrogen and oxygen atoms in total. The van der Waals surface area contributed by atoms with Crippen molar-refractivity contribution in [3.05, 3.63) is 41.6 Å². The summed E-state index contributed by atoms with van der Waals surface area (Å²) in [5, 5.41) is 5.58. The van der Waals surface area contributed by atoms with E-state index in [-0.39, 0.29) is 30.4 Å². The Bertz CT molecular complexity index is 1320. The van der Waals surface area contributed by atoms with E-state index in [1.165, 1.54) is 36.8 Å². The van der Waals surface area contributed by atoms with E-state index in [9.17, 15) is 19.2 Å². The van der Waals surface area contributed by atoms with Crippen molar-refractivity contribution in [2.24, 2.45) is 0 Å². The fourth-order valence-corrected chi connectivity index (χ4v) is 7.76. The van der Waals surface area contributed by atoms with Crippen molar-refractivity contribution >= 4 is 53.7 Å². The third-order valence-corrected chi connectivity index (χ3v) is 10.8. The number of allylic oxidation sites excluding steroid dienone is 2. The molecule has 1 aromatic rings. The normalized spacial score (nSPS) is 19.1. The molecule has 0 aromatic heterocycles. The van der Waals surface area contributed by atoms with Gasteiger partial charge in [0.1, 0.15) is 18.4 Å². The molecule has 2 fully saturated rings. The highest BCUT2D eigenvalue weighted by atomic mass is 32.2. The third kappa shape index (κ3) is 9.76. The van der Waals surface area contributed by atoms with Gasteiger partial charge in [0.05, 0.1) is 11.4 Å². The number of benzene rings is 1. The predicted octanol–water partition coefficient (Wildman–Crippen LogP) is 5.02. The van der Waals surface area contributed by atoms with E-state index in [0.29, 0.717) is 38.0 Å². The van der Waals surface area contributed by atoms with E-state index in [0.717, 1.165) is 48.5 Å². The van der Waals surface area contributed by atoms with Crippen LogP contribution < -0.4 is 25.3 Å². The Morgan fingerprint density at radius 2 is 1.89 bits per heavy atom. The molecule has 1 aliphatic carbocycles. The molecule has 0 bridgehead atoms. The molecule has 0 spiro atoms. The second-order valence-electron chi connectivity index (χ2n) is 13.3. The fraction of sp³-hybridized carbons (Fsp3) is 0.600. The molecule has 3 aliphatic rings. The Morgan fingerprint density at radius 1 is 1.13 bits per heavy atom. The number of hydrogen-bond donors (Lipinski definition) is 2. The molecule has 4 rings (SSSR count). The van der Waals surface area contributed by atoms with Gasteiger partial charge in [-0.05, 0) is 70.2 Å². The number of likely N-dealkylation sites (N-methyl/N-ethyl adjacent to an activating group) is 1. The zero-order chi connectivity index (χ0) is 34.0. The summed E-state index contributed by atoms with van der Waals surface area (Å²) < 4.78 is 8.37. The lowest BCUT2D eigenvalue weighted by molar-refractivity contribution is -0.123. The fourth-order valence-electron chi connectivity index (χ4n) is 6.51. The van der Waals surface area contributed by atoms with E-state index in [2.05, 4.69) is 45.8 Å². The number of aldehydes is 1. The van der Waals surface area contributed by atoms with Crippen molar-refractivity contribution in [3.63, 3.8) is 0 Å². The molecule has 2 saturated heterocycles. The third-order valence-electron chi connectivity index (χ3n) is 9.27. The number of nitrogens with zero attached hydrogens (tertiary/aromatic N) is 4. The number of rotatable bonds is 14. The Morgan fingerprint density at radius 3 is 2.55 bits per heavy atom. The number of ether oxygens (including phenoxy) is 1. The number of hydrogen-bond acceptors (Lipinski definition) is 9. The molecule has 2 aliphatic heterocycles. The predicted molar refractivity (Wildman–Crippen MR) is 190 cm³/mol. The molecule has 0 saturated carbocycles. The minimum absolute atomic E-state index is 0.165. The highest BCUT2D eigenvalue weighted by Gasteiger charge is 2.31. The molecular formula is C35H52N6O5S. The molecule has 2 N–H and O–H groups in total. The quantitative estimate of drug-likeness (QED) is 0.208. The number of amides is 3. The lowest BCUT2D eigenvalue weighted by atomic mass is 9.93. The average Bonchev–Trinajstić information content (AvgIpc) is 3.06. The largest absolute Gasteiger partial charge is 0.446 e. The monoisotopic (exact) mass is 668 g/mol. The summed E-state index contributed by atoms with van der Waals surface area (Å²) in [4.78, 5) is 54.3. The van der Waals surface area contributed by atoms with Gasteiger partial charge in [0.2, 0.25) is 12.3 Å². The highest BCUT2D eigenvalue weighted by molar-refractivity contribution is 7.97. The molecule has 1 unspecified atom stereocenters. The van der Waals surface area contributed by atoms with Crippen LogP contribution in [0.15, 0.2) is 41.6 Å². The molecule has 12 heteroatoms. The second kappa shape index (κ2) is 17.1. The van der Waals surface area contributed by atoms with E-state index < -0.39 is 12.1 Å². The average molecular weight is 669 g/mol. The van der Waals surface area contributed by atoms with E-state index >= 15 is 0 Å². The van der Waals surface area contributed by atoms with Crippen LogP contribution in [0, 0.1) is 0 Å². The molecule has 1 atom stereocenters. The lowest BCUT2D eigenvalue weighted by Gasteiger charge is -2.41. The van der Waals surface area contributed by atoms with Crippen molar-refractivity contribution in [1.82, 2.24) is 14.9 Å². The summed E-state index contributed by atoms with van der Waals surface area (Å²) in [6.07, 6.45) is 12.5. The van der Waals surface area contributed by atoms with Crippen LogP contribution >= 0.6 is 11.9 Å². The van der Waals surface area contributed by atoms with Crippen LogP contribution in [-0.2, 0) is 19.1 Å². The number of anilines is 3. The van der Waals surface area contributed by atoms with Crippen molar-refractivity contribution in [2.75, 3.05) is 61.2 Å². The maximum atomic E-state index is 12.9. The maximum Gasteiger partial charge on any atom is 0.411 e. The summed E-state index contributed by atoms with van der Waals surface area (Å²) in [5.74, 6) is 0.611. The number of alkyl carbamates (subject to hydrolysis) is 1. The topological polar surface area (TPSA) is 115 Å². The second-order valence-corrected chi connectivity index (χ2v) is 14.3. The van der Waals surface area contributed by atoms with Gasteiger partial charge < -0.3 is 29.5 Å². The first-order chi connectivity index (χ1) is 22.6. The summed E-state index contributed by atoms with van der Waals surface area (Å²) in [5.41, 5.74) is 4.72. The van der Waals surface area contributed by atoms with Gasteiger partial charge in [0.25, 0.3) is 0 Å². The van der Waals surface area contributed by atoms with Crippen LogP contribution in [0.2, 0.25) is 0 Å². The van der Waals surface area contributed by atoms with Crippen LogP contribution in [0.5, 0.6) is 0 Å². The van der Waals surface area contributed by atoms with Crippen LogP contribution in [0.25, 0.3) is 0 Å². The van der Waals surface area contributed by atoms with E-state index in [1.807, 2.05) is 49.1 Å². The maximum absolute atomic E-state index is 12.9. The first kappa shape index (κ1) is 36.3. The first-order valence-electron chi connectivity index (χ1n) is 16.8. The van der Waals surface area contributed by atoms with Gasteiger partial charge in [-0.15, -0.1) is 0 Å². The lowest BCUT2D eigenvalue weighted by Crippen LogP contribution is -2.46. The molecule has 1 aromatic carbocycles. The van der Waals surface area contributed by atoms with E-state index in [1.54, 1.807) is 0 Å². The zero-order valence-electron chi connectivity index (χ0n) is 28.6. The van der Waals surface area contributed by atoms with Gasteiger partial charge >= 0.3 is 6.09 Å². The molecule has 0 radical (unpaired) electrons. The zero-order valence-corrected chi connectivity index (χ0v) is 29.4. The van der Waals surface area contributed by atoms with Gasteiger partial charge in [0, 0.05) is 82.7 Å². The van der Waals surface area contributed by atoms with Gasteiger partial charge in [0.15, 0.2) is 0 Å². The van der Waals surface area contributed by atoms with Crippen molar-refractivity contribution in [3.8, 4) is 0 Å². The SMILES string of the molecule is CNC(=O)C(CCC=O)N(C=O)c1ccc(N2CCC(OC(=O)NC3=CCCC(CSN4CCCCC4(C)C)=C3)CC2)cc1N(C)C. The Labute approximate surface area is 284 Å². The van der Waals surface area contributed by atoms with Gasteiger partial charge in [-0.3, -0.25) is 14.9 Å². The first-order valence-corrected chi connectivity index (χ1v) is 17.7. The number of nitrogens with one attached hydrogen (secondary N) is 2. The van der Waals surface area contributed by atoms with Crippen LogP contribution in [0.4, 0.5) is 21.9 Å². The number of piperidine rings is 2. The number of carbonyl (C=O) groups excluding carboxylic acids is 4. The molecule has 2 heterocycles. The van der Waals surface area contributed by atoms with E-state index in [4.69, 9.17) is 4.74 Å². The minimum Gasteiger partial charge on any atom is -0.446 e. The standard InChI is InChI=1S/C35H52N6O5S/c1-35(2)17-6-7-18-41(35)47-24-26-10-8-11-27(22-26)37-34(45)46-29-15-19-39(20-16-29)28-13-14-30(32(23-28)38(4)5)40(25-43)31(12-9-21-42)33(44)36-3/h11,13-14,21-23,25,29,31H,6-10,12,15-20,24H2,1-5H3,(H,36,44)(H,37,45). The molecule has 47 heavy (non-hydrogen) atoms. The summed E-state index contributed by atoms with van der Waals surface area (Å²) in [7, 11) is 5.29. The highest BCUT2D eigenvalue weighted by Crippen LogP contribution is 2.36. The van der Waals surface area contributed by atoms with Crippen molar-refractivity contribution in [1.29, 1.82) is 0 Å². The number of carbonyl (C=O) groups is 4. The summed E-state index contributed by atoms with van der Waals surface area (Å²) in [6, 6.07) is 4.99. The van der Waals surface area contributed by atoms with Crippen molar-refractivity contribution < 1.29 is 23.9 Å². The summed E-state index contributed by atoms with van der Waals surface area (Å²) >= 11 is 1.91. The van der Waals surface area contributed by atoms with Crippen LogP contribution in [0.3, 0.4) is 0 Å². The van der Waals surface area contributed by atoms with Gasteiger partial charge in [-0.2, -0.15) is 0 Å². The van der Waals surface area contributed by atoms with Gasteiger partial charge in [-0.1, -0.05) is 30.0 Å². The van der Waals surface area contributed by atoms with Crippen LogP contribution in [-0.4, -0.2) is 93.2 Å². The minimum atomic E-state index is -0.802. The molecular weight excluding hydrogens is 616 g/mol. The molecule has 3 amide bonds. The Kier molecular flexibility index (Phi) is 13.2. The summed E-state index contributed by atoms with van der Waals surface area (Å²) in [6.45, 7) is 7.19.